The first-order valence-corrected chi connectivity index (χ1v) is 27.2. The predicted octanol–water partition coefficient (Wildman–Crippen LogP) is -3.87. The summed E-state index contributed by atoms with van der Waals surface area (Å²) in [6, 6.07) is 18.8. The Kier molecular flexibility index (Phi) is 18.8. The summed E-state index contributed by atoms with van der Waals surface area (Å²) < 4.78 is 57.5. The average Bonchev–Trinajstić information content (AvgIpc) is 1.78. The van der Waals surface area contributed by atoms with Crippen LogP contribution >= 0.6 is 0 Å². The molecule has 30 nitrogen and oxygen atoms in total. The third-order valence-corrected chi connectivity index (χ3v) is 15.9. The second-order valence-corrected chi connectivity index (χ2v) is 21.3. The molecular weight excluding hydrogens is 1160 g/mol. The minimum absolute atomic E-state index is 0.00328. The molecule has 0 aliphatic carbocycles. The molecule has 470 valence electrons. The summed E-state index contributed by atoms with van der Waals surface area (Å²) in [6.07, 6.45) is -37.5. The summed E-state index contributed by atoms with van der Waals surface area (Å²) in [5.41, 5.74) is -0.953. The van der Waals surface area contributed by atoms with Crippen LogP contribution in [0.15, 0.2) is 94.1 Å². The van der Waals surface area contributed by atoms with Gasteiger partial charge in [-0.15, -0.1) is 0 Å². The standard InChI is InChI=1S/C57H63NO29/c1-78-30-16-31-37(28(62)15-29(82-31)21-6-10-23(61)11-7-21)43(68)38(30)51-52(87-57-50(75)46(71)41(66)35(86-57)20-80-55(77)22-8-12-24(13-9-22)81-56-49(74)45(70)40(65)33(18-60)85-56)47(72)42(67)34(83-51)19-79-36(63)14-26-25-4-2-3-5-27(25)58(53(26)76)54-48(73)44(69)39(64)32(17-59)84-54/h2-13,15-16,26,32-35,39-42,44-52,54,56-57,59-61,64-75H,14,17-20H2,1H3/t26?,32-,33-,34-,35-,39-,40-,41-,42-,44+,45+,46+,47+,48-,49-,50-,51+,52-,54-,56-,57+/m1/s1. The van der Waals surface area contributed by atoms with Gasteiger partial charge < -0.3 is 124 Å². The van der Waals surface area contributed by atoms with Crippen molar-refractivity contribution >= 4 is 34.5 Å². The topological polar surface area (TPSA) is 471 Å². The first kappa shape index (κ1) is 63.0. The number of rotatable bonds is 17. The van der Waals surface area contributed by atoms with E-state index in [9.17, 15) is 95.8 Å². The van der Waals surface area contributed by atoms with Gasteiger partial charge >= 0.3 is 11.9 Å². The van der Waals surface area contributed by atoms with Crippen LogP contribution in [0.1, 0.15) is 39.9 Å². The highest BCUT2D eigenvalue weighted by atomic mass is 16.7. The molecule has 1 amide bonds. The zero-order valence-corrected chi connectivity index (χ0v) is 45.6. The fraction of sp³-hybridized carbons (Fsp3) is 0.474. The Morgan fingerprint density at radius 3 is 1.86 bits per heavy atom. The molecule has 4 saturated heterocycles. The van der Waals surface area contributed by atoms with E-state index >= 15 is 0 Å². The number of carbonyl (C=O) groups is 3. The lowest BCUT2D eigenvalue weighted by atomic mass is 9.89. The van der Waals surface area contributed by atoms with Crippen molar-refractivity contribution in [2.24, 2.45) is 0 Å². The Morgan fingerprint density at radius 2 is 1.20 bits per heavy atom. The van der Waals surface area contributed by atoms with Crippen LogP contribution in [0.2, 0.25) is 0 Å². The van der Waals surface area contributed by atoms with Gasteiger partial charge in [0, 0.05) is 17.7 Å². The number of phenolic OH excluding ortho intramolecular Hbond substituents is 2. The van der Waals surface area contributed by atoms with E-state index in [0.29, 0.717) is 5.56 Å². The minimum atomic E-state index is -2.22. The van der Waals surface area contributed by atoms with Crippen LogP contribution in [0.25, 0.3) is 22.3 Å². The van der Waals surface area contributed by atoms with Crippen molar-refractivity contribution < 1.29 is 138 Å². The Labute approximate surface area is 490 Å². The van der Waals surface area contributed by atoms with E-state index in [-0.39, 0.29) is 45.4 Å². The first-order valence-electron chi connectivity index (χ1n) is 27.2. The number of amides is 1. The van der Waals surface area contributed by atoms with Gasteiger partial charge in [-0.3, -0.25) is 19.3 Å². The number of anilines is 1. The highest BCUT2D eigenvalue weighted by molar-refractivity contribution is 6.07. The maximum atomic E-state index is 14.2. The van der Waals surface area contributed by atoms with E-state index in [1.54, 1.807) is 12.1 Å². The highest BCUT2D eigenvalue weighted by Gasteiger charge is 2.55. The van der Waals surface area contributed by atoms with Crippen molar-refractivity contribution in [2.75, 3.05) is 38.4 Å². The minimum Gasteiger partial charge on any atom is -0.508 e. The van der Waals surface area contributed by atoms with Crippen molar-refractivity contribution in [2.45, 2.75) is 135 Å². The zero-order valence-electron chi connectivity index (χ0n) is 45.6. The number of aliphatic hydroxyl groups excluding tert-OH is 13. The number of phenols is 2. The molecule has 4 fully saturated rings. The molecule has 0 bridgehead atoms. The maximum Gasteiger partial charge on any atom is 0.338 e. The molecule has 1 aromatic heterocycles. The molecule has 87 heavy (non-hydrogen) atoms. The molecule has 0 saturated carbocycles. The Morgan fingerprint density at radius 1 is 0.609 bits per heavy atom. The van der Waals surface area contributed by atoms with E-state index in [0.717, 1.165) is 18.1 Å². The molecule has 0 radical (unpaired) electrons. The normalized spacial score (nSPS) is 34.3. The number of methoxy groups -OCH3 is 1. The molecule has 30 heteroatoms. The van der Waals surface area contributed by atoms with Crippen molar-refractivity contribution in [1.82, 2.24) is 0 Å². The van der Waals surface area contributed by atoms with Crippen LogP contribution in [0.3, 0.4) is 0 Å². The Bertz CT molecular complexity index is 3330. The number of carbonyl (C=O) groups excluding carboxylic acids is 3. The van der Waals surface area contributed by atoms with Crippen LogP contribution in [0.4, 0.5) is 5.69 Å². The van der Waals surface area contributed by atoms with Crippen molar-refractivity contribution in [3.05, 3.63) is 112 Å². The number of benzene rings is 4. The Balaban J connectivity index is 0.890. The van der Waals surface area contributed by atoms with Gasteiger partial charge in [-0.25, -0.2) is 4.79 Å². The molecule has 1 unspecified atom stereocenters. The van der Waals surface area contributed by atoms with Crippen LogP contribution in [-0.2, 0) is 42.7 Å². The van der Waals surface area contributed by atoms with Crippen LogP contribution in [0.5, 0.6) is 23.0 Å². The van der Waals surface area contributed by atoms with Crippen molar-refractivity contribution in [1.29, 1.82) is 0 Å². The molecule has 6 heterocycles. The van der Waals surface area contributed by atoms with Crippen LogP contribution in [-0.4, -0.2) is 244 Å². The third kappa shape index (κ3) is 12.2. The molecular formula is C57H63NO29. The van der Waals surface area contributed by atoms with Gasteiger partial charge in [-0.2, -0.15) is 0 Å². The van der Waals surface area contributed by atoms with Crippen molar-refractivity contribution in [3.63, 3.8) is 0 Å². The lowest BCUT2D eigenvalue weighted by molar-refractivity contribution is -0.342. The number of esters is 2. The SMILES string of the molecule is COc1cc2oc(-c3ccc(O)cc3)cc(=O)c2c(O)c1[C@@H]1O[C@H](COC(=O)CC2C(=O)N([C@@H]3O[C@H](CO)[C@@H](O)[C@H](O)[C@H]3O)c3ccccc32)[C@@H](O)[C@H](O)[C@H]1O[C@@H]1O[C@H](COC(=O)c2ccc(O[C@@H]3O[C@H](CO)[C@@H](O)[C@H](O)[C@H]3O)cc2)[C@@H](O)[C@H](O)[C@H]1O. The highest BCUT2D eigenvalue weighted by Crippen LogP contribution is 2.48. The van der Waals surface area contributed by atoms with Gasteiger partial charge in [-0.1, -0.05) is 18.2 Å². The van der Waals surface area contributed by atoms with E-state index in [1.165, 1.54) is 66.7 Å². The van der Waals surface area contributed by atoms with Gasteiger partial charge in [0.25, 0.3) is 0 Å². The maximum absolute atomic E-state index is 14.2. The predicted molar refractivity (Wildman–Crippen MR) is 286 cm³/mol. The molecule has 15 N–H and O–H groups in total. The second-order valence-electron chi connectivity index (χ2n) is 21.3. The number of ether oxygens (including phenoxy) is 9. The first-order chi connectivity index (χ1) is 41.5. The van der Waals surface area contributed by atoms with Gasteiger partial charge in [0.1, 0.15) is 157 Å². The van der Waals surface area contributed by atoms with Gasteiger partial charge in [-0.05, 0) is 60.2 Å². The molecule has 0 spiro atoms. The number of para-hydroxylation sites is 1. The fourth-order valence-electron chi connectivity index (χ4n) is 11.1. The van der Waals surface area contributed by atoms with Crippen LogP contribution < -0.4 is 19.8 Å². The number of aromatic hydroxyl groups is 2. The zero-order chi connectivity index (χ0) is 62.4. The Hall–Kier alpha value is -7.02. The van der Waals surface area contributed by atoms with E-state index in [1.807, 2.05) is 0 Å². The summed E-state index contributed by atoms with van der Waals surface area (Å²) in [5.74, 6) is -5.58. The average molecular weight is 1230 g/mol. The fourth-order valence-corrected chi connectivity index (χ4v) is 11.1. The third-order valence-electron chi connectivity index (χ3n) is 15.9. The molecule has 10 rings (SSSR count). The van der Waals surface area contributed by atoms with E-state index in [4.69, 9.17) is 47.0 Å². The molecule has 4 aromatic carbocycles. The summed E-state index contributed by atoms with van der Waals surface area (Å²) in [4.78, 5) is 56.3. The second kappa shape index (κ2) is 26.0. The summed E-state index contributed by atoms with van der Waals surface area (Å²) in [6.45, 7) is -3.27. The van der Waals surface area contributed by atoms with Gasteiger partial charge in [0.05, 0.1) is 49.5 Å². The largest absolute Gasteiger partial charge is 0.508 e. The lowest BCUT2D eigenvalue weighted by Crippen LogP contribution is -2.64. The van der Waals surface area contributed by atoms with Crippen molar-refractivity contribution in [3.8, 4) is 34.3 Å². The summed E-state index contributed by atoms with van der Waals surface area (Å²) >= 11 is 0. The molecule has 5 aromatic rings. The lowest BCUT2D eigenvalue weighted by Gasteiger charge is -2.46. The van der Waals surface area contributed by atoms with Gasteiger partial charge in [0.2, 0.25) is 12.2 Å². The van der Waals surface area contributed by atoms with E-state index < -0.39 is 201 Å². The van der Waals surface area contributed by atoms with Crippen LogP contribution in [0, 0.1) is 0 Å². The summed E-state index contributed by atoms with van der Waals surface area (Å²) in [5, 5.41) is 161. The monoisotopic (exact) mass is 1230 g/mol. The number of nitrogens with zero attached hydrogens (tertiary/aromatic N) is 1. The molecule has 21 atom stereocenters. The van der Waals surface area contributed by atoms with E-state index in [2.05, 4.69) is 0 Å². The van der Waals surface area contributed by atoms with Gasteiger partial charge in [0.15, 0.2) is 17.9 Å². The smallest absolute Gasteiger partial charge is 0.338 e. The molecule has 5 aliphatic heterocycles. The number of aliphatic hydroxyl groups is 13. The molecule has 5 aliphatic rings. The number of fused-ring (bicyclic) bond motifs is 2. The number of hydrogen-bond donors (Lipinski definition) is 15. The quantitative estimate of drug-likeness (QED) is 0.0396. The number of hydrogen-bond acceptors (Lipinski definition) is 29. The summed E-state index contributed by atoms with van der Waals surface area (Å²) in [7, 11) is 1.14.